The molecule has 0 aliphatic heterocycles. The molecule has 18 heavy (non-hydrogen) atoms. The Morgan fingerprint density at radius 2 is 2.17 bits per heavy atom. The highest BCUT2D eigenvalue weighted by Crippen LogP contribution is 2.16. The Labute approximate surface area is 110 Å². The maximum absolute atomic E-state index is 11.6. The van der Waals surface area contributed by atoms with Gasteiger partial charge in [0, 0.05) is 18.2 Å². The van der Waals surface area contributed by atoms with Crippen LogP contribution in [0.25, 0.3) is 0 Å². The monoisotopic (exact) mass is 270 g/mol. The number of nitrogens with one attached hydrogen (secondary N) is 1. The molecule has 0 saturated carbocycles. The summed E-state index contributed by atoms with van der Waals surface area (Å²) >= 11 is 5.96. The van der Waals surface area contributed by atoms with Crippen molar-refractivity contribution in [3.8, 4) is 0 Å². The molecule has 5 nitrogen and oxygen atoms in total. The third-order valence-electron chi connectivity index (χ3n) is 2.25. The van der Waals surface area contributed by atoms with Crippen molar-refractivity contribution in [1.29, 1.82) is 0 Å². The normalized spacial score (nSPS) is 12.2. The molecule has 1 aromatic rings. The van der Waals surface area contributed by atoms with Gasteiger partial charge in [0.2, 0.25) is 5.91 Å². The number of nitro groups is 1. The second-order valence-electron chi connectivity index (χ2n) is 4.26. The Hall–Kier alpha value is -1.62. The van der Waals surface area contributed by atoms with E-state index in [1.54, 1.807) is 12.1 Å². The summed E-state index contributed by atoms with van der Waals surface area (Å²) in [4.78, 5) is 21.7. The van der Waals surface area contributed by atoms with E-state index in [0.717, 1.165) is 0 Å². The molecule has 0 heterocycles. The third kappa shape index (κ3) is 4.33. The number of benzene rings is 1. The lowest BCUT2D eigenvalue weighted by molar-refractivity contribution is -0.384. The number of alkyl halides is 1. The molecule has 0 aliphatic carbocycles. The fourth-order valence-electron chi connectivity index (χ4n) is 1.47. The van der Waals surface area contributed by atoms with Crippen molar-refractivity contribution in [2.45, 2.75) is 31.7 Å². The summed E-state index contributed by atoms with van der Waals surface area (Å²) in [5.74, 6) is -0.266. The fraction of sp³-hybridized carbons (Fsp3) is 0.417. The molecule has 0 aliphatic rings. The highest BCUT2D eigenvalue weighted by Gasteiger charge is 2.17. The van der Waals surface area contributed by atoms with Crippen molar-refractivity contribution < 1.29 is 9.72 Å². The summed E-state index contributed by atoms with van der Waals surface area (Å²) in [5, 5.41) is 12.6. The smallest absolute Gasteiger partial charge is 0.269 e. The maximum Gasteiger partial charge on any atom is 0.269 e. The summed E-state index contributed by atoms with van der Waals surface area (Å²) in [6, 6.07) is 6.14. The molecule has 6 heteroatoms. The minimum absolute atomic E-state index is 0.000587. The Morgan fingerprint density at radius 3 is 2.72 bits per heavy atom. The highest BCUT2D eigenvalue weighted by molar-refractivity contribution is 6.30. The first-order valence-corrected chi connectivity index (χ1v) is 6.01. The second-order valence-corrected chi connectivity index (χ2v) is 4.79. The van der Waals surface area contributed by atoms with Crippen LogP contribution in [0.2, 0.25) is 0 Å². The van der Waals surface area contributed by atoms with Gasteiger partial charge in [-0.15, -0.1) is 11.6 Å². The second kappa shape index (κ2) is 6.35. The van der Waals surface area contributed by atoms with Crippen LogP contribution in [0.15, 0.2) is 24.3 Å². The first-order chi connectivity index (χ1) is 8.40. The van der Waals surface area contributed by atoms with Crippen molar-refractivity contribution >= 4 is 23.2 Å². The number of halogens is 1. The van der Waals surface area contributed by atoms with Crippen LogP contribution in [0.1, 0.15) is 19.4 Å². The van der Waals surface area contributed by atoms with Gasteiger partial charge >= 0.3 is 0 Å². The summed E-state index contributed by atoms with van der Waals surface area (Å²) in [5.41, 5.74) is 0.670. The Bertz CT molecular complexity index is 449. The van der Waals surface area contributed by atoms with Gasteiger partial charge in [0.1, 0.15) is 5.38 Å². The zero-order valence-corrected chi connectivity index (χ0v) is 11.0. The van der Waals surface area contributed by atoms with E-state index in [-0.39, 0.29) is 24.1 Å². The average molecular weight is 271 g/mol. The molecule has 0 radical (unpaired) electrons. The molecule has 1 N–H and O–H groups in total. The van der Waals surface area contributed by atoms with Gasteiger partial charge in [0.25, 0.3) is 5.69 Å². The number of carbonyl (C=O) groups is 1. The van der Waals surface area contributed by atoms with Gasteiger partial charge in [-0.3, -0.25) is 14.9 Å². The quantitative estimate of drug-likeness (QED) is 0.507. The lowest BCUT2D eigenvalue weighted by Crippen LogP contribution is -2.37. The van der Waals surface area contributed by atoms with E-state index in [0.29, 0.717) is 5.56 Å². The van der Waals surface area contributed by atoms with E-state index in [4.69, 9.17) is 11.6 Å². The molecule has 1 rings (SSSR count). The van der Waals surface area contributed by atoms with Crippen molar-refractivity contribution in [2.75, 3.05) is 0 Å². The molecular weight excluding hydrogens is 256 g/mol. The minimum Gasteiger partial charge on any atom is -0.353 e. The maximum atomic E-state index is 11.6. The van der Waals surface area contributed by atoms with Crippen molar-refractivity contribution in [3.63, 3.8) is 0 Å². The summed E-state index contributed by atoms with van der Waals surface area (Å²) in [6.45, 7) is 3.68. The predicted octanol–water partition coefficient (Wildman–Crippen LogP) is 2.27. The molecule has 0 fully saturated rings. The zero-order valence-electron chi connectivity index (χ0n) is 10.2. The lowest BCUT2D eigenvalue weighted by Gasteiger charge is -2.12. The molecule has 0 aromatic heterocycles. The number of hydrogen-bond donors (Lipinski definition) is 1. The van der Waals surface area contributed by atoms with E-state index < -0.39 is 10.3 Å². The van der Waals surface area contributed by atoms with Crippen molar-refractivity contribution in [2.24, 2.45) is 0 Å². The standard InChI is InChI=1S/C12H15ClN2O3/c1-8(2)14-12(16)11(13)7-9-4-3-5-10(6-9)15(17)18/h3-6,8,11H,7H2,1-2H3,(H,14,16). The first kappa shape index (κ1) is 14.4. The molecule has 0 spiro atoms. The number of non-ortho nitro benzene ring substituents is 1. The van der Waals surface area contributed by atoms with Crippen molar-refractivity contribution in [1.82, 2.24) is 5.32 Å². The van der Waals surface area contributed by atoms with E-state index in [2.05, 4.69) is 5.32 Å². The van der Waals surface area contributed by atoms with Crippen LogP contribution in [-0.2, 0) is 11.2 Å². The molecule has 1 unspecified atom stereocenters. The van der Waals surface area contributed by atoms with Gasteiger partial charge in [-0.1, -0.05) is 12.1 Å². The predicted molar refractivity (Wildman–Crippen MR) is 69.7 cm³/mol. The van der Waals surface area contributed by atoms with Gasteiger partial charge < -0.3 is 5.32 Å². The third-order valence-corrected chi connectivity index (χ3v) is 2.60. The molecule has 0 saturated heterocycles. The summed E-state index contributed by atoms with van der Waals surface area (Å²) in [7, 11) is 0. The largest absolute Gasteiger partial charge is 0.353 e. The Morgan fingerprint density at radius 1 is 1.50 bits per heavy atom. The topological polar surface area (TPSA) is 72.2 Å². The van der Waals surface area contributed by atoms with E-state index in [9.17, 15) is 14.9 Å². The van der Waals surface area contributed by atoms with Crippen LogP contribution in [-0.4, -0.2) is 22.2 Å². The number of nitrogens with zero attached hydrogens (tertiary/aromatic N) is 1. The van der Waals surface area contributed by atoms with E-state index >= 15 is 0 Å². The molecule has 1 aromatic carbocycles. The van der Waals surface area contributed by atoms with Gasteiger partial charge in [-0.05, 0) is 25.8 Å². The van der Waals surface area contributed by atoms with Gasteiger partial charge in [-0.2, -0.15) is 0 Å². The SMILES string of the molecule is CC(C)NC(=O)C(Cl)Cc1cccc([N+](=O)[O-])c1. The van der Waals surface area contributed by atoms with Gasteiger partial charge in [0.05, 0.1) is 4.92 Å². The summed E-state index contributed by atoms with van der Waals surface area (Å²) in [6.07, 6.45) is 0.266. The molecule has 1 atom stereocenters. The Balaban J connectivity index is 2.69. The van der Waals surface area contributed by atoms with Crippen LogP contribution >= 0.6 is 11.6 Å². The number of amides is 1. The van der Waals surface area contributed by atoms with Crippen LogP contribution < -0.4 is 5.32 Å². The highest BCUT2D eigenvalue weighted by atomic mass is 35.5. The summed E-state index contributed by atoms with van der Waals surface area (Å²) < 4.78 is 0. The van der Waals surface area contributed by atoms with Crippen LogP contribution in [0.4, 0.5) is 5.69 Å². The average Bonchev–Trinajstić information content (AvgIpc) is 2.28. The number of rotatable bonds is 5. The van der Waals surface area contributed by atoms with Gasteiger partial charge in [-0.25, -0.2) is 0 Å². The fourth-order valence-corrected chi connectivity index (χ4v) is 1.71. The van der Waals surface area contributed by atoms with Crippen LogP contribution in [0.3, 0.4) is 0 Å². The number of hydrogen-bond acceptors (Lipinski definition) is 3. The van der Waals surface area contributed by atoms with Crippen LogP contribution in [0.5, 0.6) is 0 Å². The Kier molecular flexibility index (Phi) is 5.09. The number of carbonyl (C=O) groups excluding carboxylic acids is 1. The molecule has 1 amide bonds. The van der Waals surface area contributed by atoms with E-state index in [1.165, 1.54) is 12.1 Å². The number of nitro benzene ring substituents is 1. The first-order valence-electron chi connectivity index (χ1n) is 5.58. The van der Waals surface area contributed by atoms with Crippen molar-refractivity contribution in [3.05, 3.63) is 39.9 Å². The molecule has 98 valence electrons. The zero-order chi connectivity index (χ0) is 13.7. The molecule has 0 bridgehead atoms. The van der Waals surface area contributed by atoms with Crippen LogP contribution in [0, 0.1) is 10.1 Å². The minimum atomic E-state index is -0.727. The van der Waals surface area contributed by atoms with E-state index in [1.807, 2.05) is 13.8 Å². The molecular formula is C12H15ClN2O3. The lowest BCUT2D eigenvalue weighted by atomic mass is 10.1. The van der Waals surface area contributed by atoms with Gasteiger partial charge in [0.15, 0.2) is 0 Å².